The Hall–Kier alpha value is -3.75. The van der Waals surface area contributed by atoms with E-state index in [0.29, 0.717) is 5.56 Å². The highest BCUT2D eigenvalue weighted by molar-refractivity contribution is 6.52. The molecule has 0 spiro atoms. The molecule has 7 nitrogen and oxygen atoms in total. The second kappa shape index (κ2) is 8.65. The average Bonchev–Trinajstić information content (AvgIpc) is 3.04. The third-order valence-electron chi connectivity index (χ3n) is 5.09. The molecule has 0 aromatic heterocycles. The van der Waals surface area contributed by atoms with Gasteiger partial charge in [-0.15, -0.1) is 0 Å². The molecule has 1 saturated heterocycles. The minimum absolute atomic E-state index is 0.0292. The van der Waals surface area contributed by atoms with Gasteiger partial charge >= 0.3 is 0 Å². The van der Waals surface area contributed by atoms with Gasteiger partial charge in [-0.1, -0.05) is 47.5 Å². The van der Waals surface area contributed by atoms with Gasteiger partial charge in [0.05, 0.1) is 16.5 Å². The number of hydrogen-bond donors (Lipinski definition) is 1. The van der Waals surface area contributed by atoms with Gasteiger partial charge in [-0.25, -0.2) is 4.39 Å². The molecular formula is C23H13Cl2FN2O5. The SMILES string of the molecule is O=C1C(=O)N(c2cc(Cl)cc(Cl)c2)C(c2ccc(F)cc2)/C1=C(/O)c1cccc([N+](=O)[O-])c1. The summed E-state index contributed by atoms with van der Waals surface area (Å²) in [5.74, 6) is -3.15. The smallest absolute Gasteiger partial charge is 0.300 e. The molecule has 0 aliphatic carbocycles. The van der Waals surface area contributed by atoms with E-state index in [9.17, 15) is 29.2 Å². The maximum atomic E-state index is 13.6. The maximum Gasteiger partial charge on any atom is 0.300 e. The van der Waals surface area contributed by atoms with Crippen molar-refractivity contribution in [1.82, 2.24) is 0 Å². The van der Waals surface area contributed by atoms with Crippen LogP contribution in [0.25, 0.3) is 5.76 Å². The fourth-order valence-electron chi connectivity index (χ4n) is 3.66. The fraction of sp³-hybridized carbons (Fsp3) is 0.0435. The lowest BCUT2D eigenvalue weighted by Crippen LogP contribution is -2.29. The number of benzene rings is 3. The highest BCUT2D eigenvalue weighted by Gasteiger charge is 2.47. The molecule has 1 amide bonds. The lowest BCUT2D eigenvalue weighted by Gasteiger charge is -2.25. The first-order valence-electron chi connectivity index (χ1n) is 9.45. The van der Waals surface area contributed by atoms with E-state index in [1.165, 1.54) is 48.5 Å². The molecule has 1 N–H and O–H groups in total. The van der Waals surface area contributed by atoms with Crippen molar-refractivity contribution < 1.29 is 24.0 Å². The van der Waals surface area contributed by atoms with Gasteiger partial charge in [-0.2, -0.15) is 0 Å². The number of anilines is 1. The van der Waals surface area contributed by atoms with Crippen LogP contribution >= 0.6 is 23.2 Å². The van der Waals surface area contributed by atoms with Gasteiger partial charge < -0.3 is 5.11 Å². The summed E-state index contributed by atoms with van der Waals surface area (Å²) in [5, 5.41) is 22.6. The van der Waals surface area contributed by atoms with E-state index in [2.05, 4.69) is 0 Å². The summed E-state index contributed by atoms with van der Waals surface area (Å²) in [7, 11) is 0. The van der Waals surface area contributed by atoms with Crippen molar-refractivity contribution in [2.75, 3.05) is 4.90 Å². The number of hydrogen-bond acceptors (Lipinski definition) is 5. The molecule has 3 aromatic carbocycles. The summed E-state index contributed by atoms with van der Waals surface area (Å²) >= 11 is 12.2. The first-order chi connectivity index (χ1) is 15.7. The van der Waals surface area contributed by atoms with Crippen LogP contribution in [0.3, 0.4) is 0 Å². The summed E-state index contributed by atoms with van der Waals surface area (Å²) < 4.78 is 13.6. The monoisotopic (exact) mass is 486 g/mol. The Bertz CT molecular complexity index is 1320. The van der Waals surface area contributed by atoms with Crippen molar-refractivity contribution >= 4 is 52.0 Å². The number of ketones is 1. The maximum absolute atomic E-state index is 13.6. The number of nitro benzene ring substituents is 1. The van der Waals surface area contributed by atoms with Crippen LogP contribution in [-0.2, 0) is 9.59 Å². The van der Waals surface area contributed by atoms with Gasteiger partial charge in [-0.05, 0) is 35.9 Å². The fourth-order valence-corrected chi connectivity index (χ4v) is 4.17. The quantitative estimate of drug-likeness (QED) is 0.168. The van der Waals surface area contributed by atoms with Crippen LogP contribution in [0.1, 0.15) is 17.2 Å². The first-order valence-corrected chi connectivity index (χ1v) is 10.2. The Balaban J connectivity index is 1.97. The number of amides is 1. The lowest BCUT2D eigenvalue weighted by atomic mass is 9.95. The predicted octanol–water partition coefficient (Wildman–Crippen LogP) is 5.67. The number of non-ortho nitro benzene ring substituents is 1. The van der Waals surface area contributed by atoms with Crippen LogP contribution in [0.5, 0.6) is 0 Å². The molecule has 1 fully saturated rings. The number of carbonyl (C=O) groups is 2. The Morgan fingerprint density at radius 3 is 2.24 bits per heavy atom. The molecule has 1 atom stereocenters. The van der Waals surface area contributed by atoms with Crippen molar-refractivity contribution in [3.05, 3.63) is 109 Å². The van der Waals surface area contributed by atoms with E-state index < -0.39 is 34.2 Å². The van der Waals surface area contributed by atoms with E-state index in [4.69, 9.17) is 23.2 Å². The highest BCUT2D eigenvalue weighted by atomic mass is 35.5. The Morgan fingerprint density at radius 2 is 1.64 bits per heavy atom. The van der Waals surface area contributed by atoms with Gasteiger partial charge in [0.2, 0.25) is 0 Å². The molecule has 3 aromatic rings. The molecule has 1 aliphatic heterocycles. The van der Waals surface area contributed by atoms with E-state index >= 15 is 0 Å². The number of Topliss-reactive ketones (excluding diaryl/α,β-unsaturated/α-hetero) is 1. The highest BCUT2D eigenvalue weighted by Crippen LogP contribution is 2.43. The van der Waals surface area contributed by atoms with Gasteiger partial charge in [0.1, 0.15) is 11.6 Å². The molecule has 1 heterocycles. The van der Waals surface area contributed by atoms with E-state index in [0.717, 1.165) is 23.1 Å². The van der Waals surface area contributed by atoms with Crippen molar-refractivity contribution in [3.8, 4) is 0 Å². The van der Waals surface area contributed by atoms with Crippen LogP contribution in [0, 0.1) is 15.9 Å². The molecule has 4 rings (SSSR count). The van der Waals surface area contributed by atoms with Crippen LogP contribution in [0.2, 0.25) is 10.0 Å². The summed E-state index contributed by atoms with van der Waals surface area (Å²) in [4.78, 5) is 37.7. The third-order valence-corrected chi connectivity index (χ3v) is 5.52. The summed E-state index contributed by atoms with van der Waals surface area (Å²) in [5.41, 5.74) is -0.157. The van der Waals surface area contributed by atoms with Crippen LogP contribution in [0.4, 0.5) is 15.8 Å². The average molecular weight is 487 g/mol. The number of carbonyl (C=O) groups excluding carboxylic acids is 2. The molecule has 0 bridgehead atoms. The van der Waals surface area contributed by atoms with Gasteiger partial charge in [-0.3, -0.25) is 24.6 Å². The van der Waals surface area contributed by atoms with E-state index in [-0.39, 0.29) is 32.6 Å². The number of rotatable bonds is 4. The normalized spacial score (nSPS) is 17.4. The molecule has 10 heteroatoms. The van der Waals surface area contributed by atoms with Crippen LogP contribution in [0.15, 0.2) is 72.3 Å². The van der Waals surface area contributed by atoms with Crippen molar-refractivity contribution in [2.24, 2.45) is 0 Å². The third kappa shape index (κ3) is 4.18. The number of nitrogens with zero attached hydrogens (tertiary/aromatic N) is 2. The van der Waals surface area contributed by atoms with E-state index in [1.807, 2.05) is 0 Å². The van der Waals surface area contributed by atoms with Crippen molar-refractivity contribution in [1.29, 1.82) is 0 Å². The standard InChI is InChI=1S/C23H13Cl2FN2O5/c24-14-9-15(25)11-18(10-14)27-20(12-4-6-16(26)7-5-12)19(22(30)23(27)31)21(29)13-2-1-3-17(8-13)28(32)33/h1-11,20,29H/b21-19-. The first kappa shape index (κ1) is 22.4. The lowest BCUT2D eigenvalue weighted by molar-refractivity contribution is -0.384. The Morgan fingerprint density at radius 1 is 1.00 bits per heavy atom. The summed E-state index contributed by atoms with van der Waals surface area (Å²) in [6, 6.07) is 13.2. The largest absolute Gasteiger partial charge is 0.507 e. The minimum atomic E-state index is -1.17. The zero-order valence-corrected chi connectivity index (χ0v) is 18.0. The van der Waals surface area contributed by atoms with Crippen LogP contribution < -0.4 is 4.90 Å². The van der Waals surface area contributed by atoms with Crippen molar-refractivity contribution in [3.63, 3.8) is 0 Å². The Kier molecular flexibility index (Phi) is 5.88. The van der Waals surface area contributed by atoms with E-state index in [1.54, 1.807) is 0 Å². The number of nitro groups is 1. The molecule has 0 saturated carbocycles. The molecule has 0 radical (unpaired) electrons. The Labute approximate surface area is 196 Å². The predicted molar refractivity (Wildman–Crippen MR) is 121 cm³/mol. The van der Waals surface area contributed by atoms with Crippen molar-refractivity contribution in [2.45, 2.75) is 6.04 Å². The summed E-state index contributed by atoms with van der Waals surface area (Å²) in [6.07, 6.45) is 0. The topological polar surface area (TPSA) is 101 Å². The molecule has 33 heavy (non-hydrogen) atoms. The summed E-state index contributed by atoms with van der Waals surface area (Å²) in [6.45, 7) is 0. The van der Waals surface area contributed by atoms with Gasteiger partial charge in [0.15, 0.2) is 0 Å². The number of halogens is 3. The number of aliphatic hydroxyl groups excluding tert-OH is 1. The second-order valence-corrected chi connectivity index (χ2v) is 8.03. The minimum Gasteiger partial charge on any atom is -0.507 e. The molecule has 166 valence electrons. The zero-order valence-electron chi connectivity index (χ0n) is 16.5. The number of aliphatic hydroxyl groups is 1. The van der Waals surface area contributed by atoms with Crippen LogP contribution in [-0.4, -0.2) is 21.7 Å². The zero-order chi connectivity index (χ0) is 23.9. The molecular weight excluding hydrogens is 474 g/mol. The molecule has 1 aliphatic rings. The molecule has 1 unspecified atom stereocenters. The van der Waals surface area contributed by atoms with Gasteiger partial charge in [0, 0.05) is 33.4 Å². The second-order valence-electron chi connectivity index (χ2n) is 7.16. The van der Waals surface area contributed by atoms with Gasteiger partial charge in [0.25, 0.3) is 17.4 Å².